The standard InChI is InChI=1S/C20H37N3O27S4.5Na/c24-3-5-14(11(27)8(23-53(38,39)40)18(46-5)44-2-1-21-51(32,33)34)48-20-13(29)12(28)15(16(50-20)17(30)31)49-19-7(22-52(35,36)37)10(26)9(25)6(47-19)4-45-54(41,42)43;;;;;/h5-16,18-29H,1-4H2,(H,30,31)(H,32,33,34)(H,35,36,37)(H,38,39,40)(H,41,42,43);;;;;/q;5*+1/p-5/t5-,6-,7-,8-,9-,10-,11-,12-,13-,14-,15+,16+,18+,19-,20-;;;;;/m1...../s1. The molecule has 30 nitrogen and oxygen atoms in total. The number of aliphatic hydroxyl groups excluding tert-OH is 6. The second-order valence-corrected chi connectivity index (χ2v) is 15.8. The van der Waals surface area contributed by atoms with Crippen molar-refractivity contribution in [1.82, 2.24) is 14.2 Å². The van der Waals surface area contributed by atoms with E-state index in [1.807, 2.05) is 0 Å². The van der Waals surface area contributed by atoms with E-state index in [0.29, 0.717) is 0 Å². The number of carbonyl (C=O) groups is 1. The van der Waals surface area contributed by atoms with Crippen molar-refractivity contribution in [3.8, 4) is 0 Å². The molecule has 3 rings (SSSR count). The van der Waals surface area contributed by atoms with Crippen molar-refractivity contribution < 1.29 is 273 Å². The van der Waals surface area contributed by atoms with Crippen LogP contribution >= 0.6 is 0 Å². The van der Waals surface area contributed by atoms with Crippen molar-refractivity contribution in [3.05, 3.63) is 0 Å². The van der Waals surface area contributed by atoms with Crippen LogP contribution in [0, 0.1) is 0 Å². The Morgan fingerprint density at radius 2 is 1.10 bits per heavy atom. The Morgan fingerprint density at radius 1 is 0.610 bits per heavy atom. The Morgan fingerprint density at radius 3 is 1.56 bits per heavy atom. The summed E-state index contributed by atoms with van der Waals surface area (Å²) in [7, 11) is -21.6. The van der Waals surface area contributed by atoms with Gasteiger partial charge in [0.05, 0.1) is 25.8 Å². The van der Waals surface area contributed by atoms with E-state index in [0.717, 1.165) is 0 Å². The van der Waals surface area contributed by atoms with Gasteiger partial charge >= 0.3 is 148 Å². The average molecular weight is 990 g/mol. The summed E-state index contributed by atoms with van der Waals surface area (Å²) in [4.78, 5) is 12.1. The van der Waals surface area contributed by atoms with Crippen LogP contribution in [0.4, 0.5) is 0 Å². The zero-order chi connectivity index (χ0) is 41.1. The number of aliphatic hydroxyl groups is 6. The molecule has 0 bridgehead atoms. The van der Waals surface area contributed by atoms with Crippen molar-refractivity contribution >= 4 is 47.3 Å². The Kier molecular flexibility index (Phi) is 31.8. The molecule has 0 aromatic rings. The van der Waals surface area contributed by atoms with Crippen LogP contribution < -0.4 is 167 Å². The molecule has 3 aliphatic heterocycles. The van der Waals surface area contributed by atoms with Gasteiger partial charge in [0.1, 0.15) is 73.1 Å². The Bertz CT molecular complexity index is 1740. The number of carbonyl (C=O) groups excluding carboxylic acids is 1. The molecule has 0 unspecified atom stereocenters. The van der Waals surface area contributed by atoms with E-state index < -0.39 is 166 Å². The predicted octanol–water partition coefficient (Wildman–Crippen LogP) is -27.1. The molecule has 3 heterocycles. The minimum absolute atomic E-state index is 0. The minimum atomic E-state index is -5.60. The van der Waals surface area contributed by atoms with E-state index in [-0.39, 0.29) is 148 Å². The molecular formula is C20H32N3Na5O27S4. The number of carboxylic acids is 1. The number of carboxylic acid groups (broad SMARTS) is 1. The van der Waals surface area contributed by atoms with Crippen LogP contribution in [0.2, 0.25) is 0 Å². The fourth-order valence-electron chi connectivity index (χ4n) is 5.24. The summed E-state index contributed by atoms with van der Waals surface area (Å²) in [5.41, 5.74) is 0. The molecule has 39 heteroatoms. The van der Waals surface area contributed by atoms with Gasteiger partial charge in [-0.2, -0.15) is 0 Å². The average Bonchev–Trinajstić information content (AvgIpc) is 3.01. The summed E-state index contributed by atoms with van der Waals surface area (Å²) >= 11 is 0. The van der Waals surface area contributed by atoms with E-state index in [2.05, 4.69) is 4.18 Å². The third kappa shape index (κ3) is 21.1. The van der Waals surface area contributed by atoms with E-state index in [9.17, 15) is 92.4 Å². The molecule has 3 saturated heterocycles. The van der Waals surface area contributed by atoms with Crippen LogP contribution in [0.3, 0.4) is 0 Å². The van der Waals surface area contributed by atoms with Crippen molar-refractivity contribution in [3.63, 3.8) is 0 Å². The molecule has 3 aliphatic rings. The molecule has 15 atom stereocenters. The Hall–Kier alpha value is 3.47. The maximum absolute atomic E-state index is 12.1. The van der Waals surface area contributed by atoms with Crippen LogP contribution in [-0.2, 0) is 78.7 Å². The number of ether oxygens (including phenoxy) is 6. The minimum Gasteiger partial charge on any atom is -0.735 e. The number of hydrogen-bond acceptors (Lipinski definition) is 27. The van der Waals surface area contributed by atoms with E-state index in [1.54, 1.807) is 0 Å². The van der Waals surface area contributed by atoms with E-state index >= 15 is 0 Å². The first-order chi connectivity index (χ1) is 24.6. The maximum atomic E-state index is 12.1. The van der Waals surface area contributed by atoms with Gasteiger partial charge in [0, 0.05) is 6.54 Å². The number of rotatable bonds is 18. The molecule has 0 spiro atoms. The second-order valence-electron chi connectivity index (χ2n) is 11.3. The molecule has 0 aromatic heterocycles. The van der Waals surface area contributed by atoms with Gasteiger partial charge in [-0.25, -0.2) is 47.8 Å². The van der Waals surface area contributed by atoms with Gasteiger partial charge in [-0.15, -0.1) is 0 Å². The molecule has 0 aromatic carbocycles. The van der Waals surface area contributed by atoms with Crippen molar-refractivity contribution in [2.75, 3.05) is 26.4 Å². The third-order valence-electron chi connectivity index (χ3n) is 7.51. The van der Waals surface area contributed by atoms with Crippen LogP contribution in [0.25, 0.3) is 0 Å². The Balaban J connectivity index is -0.00000627. The maximum Gasteiger partial charge on any atom is 1.00 e. The molecule has 9 N–H and O–H groups in total. The fourth-order valence-corrected chi connectivity index (χ4v) is 7.04. The van der Waals surface area contributed by atoms with Crippen molar-refractivity contribution in [2.24, 2.45) is 0 Å². The molecule has 0 radical (unpaired) electrons. The number of aliphatic carboxylic acids is 1. The quantitative estimate of drug-likeness (QED) is 0.0266. The summed E-state index contributed by atoms with van der Waals surface area (Å²) in [6, 6.07) is -4.59. The molecule has 0 saturated carbocycles. The normalized spacial score (nSPS) is 35.3. The monoisotopic (exact) mass is 989 g/mol. The van der Waals surface area contributed by atoms with Gasteiger partial charge in [0.15, 0.2) is 49.8 Å². The van der Waals surface area contributed by atoms with Crippen molar-refractivity contribution in [2.45, 2.75) is 92.0 Å². The van der Waals surface area contributed by atoms with Crippen LogP contribution in [-0.4, -0.2) is 207 Å². The van der Waals surface area contributed by atoms with Crippen LogP contribution in [0.1, 0.15) is 0 Å². The first kappa shape index (κ1) is 66.7. The van der Waals surface area contributed by atoms with Crippen LogP contribution in [0.5, 0.6) is 0 Å². The van der Waals surface area contributed by atoms with Crippen molar-refractivity contribution in [1.29, 1.82) is 0 Å². The Labute approximate surface area is 446 Å². The molecule has 0 amide bonds. The zero-order valence-corrected chi connectivity index (χ0v) is 44.6. The fraction of sp³-hybridized carbons (Fsp3) is 0.950. The van der Waals surface area contributed by atoms with Gasteiger partial charge in [-0.1, -0.05) is 0 Å². The van der Waals surface area contributed by atoms with Gasteiger partial charge in [0.2, 0.25) is 10.4 Å². The van der Waals surface area contributed by atoms with Gasteiger partial charge in [-0.3, -0.25) is 4.18 Å². The summed E-state index contributed by atoms with van der Waals surface area (Å²) in [5.74, 6) is -2.33. The smallest absolute Gasteiger partial charge is 0.735 e. The number of hydrogen-bond donors (Lipinski definition) is 9. The summed E-state index contributed by atoms with van der Waals surface area (Å²) in [6.07, 6.45) is -30.7. The summed E-state index contributed by atoms with van der Waals surface area (Å²) in [5, 5.41) is 75.5. The zero-order valence-electron chi connectivity index (χ0n) is 31.4. The van der Waals surface area contributed by atoms with Gasteiger partial charge in [-0.05, 0) is 0 Å². The third-order valence-corrected chi connectivity index (χ3v) is 9.62. The second kappa shape index (κ2) is 28.1. The molecule has 3 fully saturated rings. The molecule has 0 aliphatic carbocycles. The first-order valence-electron chi connectivity index (χ1n) is 14.5. The topological polar surface area (TPSA) is 491 Å². The summed E-state index contributed by atoms with van der Waals surface area (Å²) < 4.78 is 173. The number of nitrogens with one attached hydrogen (secondary N) is 3. The molecule has 318 valence electrons. The van der Waals surface area contributed by atoms with Gasteiger partial charge < -0.3 is 87.2 Å². The van der Waals surface area contributed by atoms with E-state index in [1.165, 1.54) is 14.2 Å². The molecular weight excluding hydrogens is 957 g/mol. The predicted molar refractivity (Wildman–Crippen MR) is 150 cm³/mol. The largest absolute Gasteiger partial charge is 1.00 e. The van der Waals surface area contributed by atoms with Gasteiger partial charge in [0.25, 0.3) is 0 Å². The molecule has 59 heavy (non-hydrogen) atoms. The first-order valence-corrected chi connectivity index (χ1v) is 20.1. The van der Waals surface area contributed by atoms with Crippen LogP contribution in [0.15, 0.2) is 0 Å². The van der Waals surface area contributed by atoms with E-state index in [4.69, 9.17) is 28.4 Å². The SMILES string of the molecule is O=C([O-])[C@H]1O[C@@H](O[C@H]2[C@H](O)[C@@H](NS(=O)(=O)[O-])[C@@H](OCCNS(=O)(=O)[O-])O[C@@H]2CO)[C@H](O)[C@@H](O)[C@@H]1O[C@H]1O[C@H](COS(=O)(=O)[O-])[C@@H](O)[C@H](O)[C@H]1NS(=O)(=O)[O-].[Na+].[Na+].[Na+].[Na+].[Na+]. The summed E-state index contributed by atoms with van der Waals surface area (Å²) in [6.45, 7) is -4.08.